The molecule has 1 aliphatic carbocycles. The van der Waals surface area contributed by atoms with Crippen molar-refractivity contribution in [2.24, 2.45) is 0 Å². The lowest BCUT2D eigenvalue weighted by molar-refractivity contribution is 0.160. The number of hydrogen-bond acceptors (Lipinski definition) is 3. The number of unbranched alkanes of at least 4 members (excludes halogenated alkanes) is 1. The molecule has 0 saturated heterocycles. The Morgan fingerprint density at radius 2 is 1.80 bits per heavy atom. The highest BCUT2D eigenvalue weighted by atomic mass is 16.3. The highest BCUT2D eigenvalue weighted by Gasteiger charge is 2.21. The summed E-state index contributed by atoms with van der Waals surface area (Å²) in [6, 6.07) is 0.815. The van der Waals surface area contributed by atoms with Gasteiger partial charge >= 0.3 is 0 Å². The fraction of sp³-hybridized carbons (Fsp3) is 1.00. The summed E-state index contributed by atoms with van der Waals surface area (Å²) in [5.74, 6) is 0. The van der Waals surface area contributed by atoms with Crippen LogP contribution in [0.5, 0.6) is 0 Å². The summed E-state index contributed by atoms with van der Waals surface area (Å²) in [4.78, 5) is 2.58. The van der Waals surface area contributed by atoms with Crippen LogP contribution in [0.2, 0.25) is 0 Å². The van der Waals surface area contributed by atoms with E-state index in [1.165, 1.54) is 57.9 Å². The van der Waals surface area contributed by atoms with Crippen molar-refractivity contribution in [3.05, 3.63) is 0 Å². The first-order valence-electron chi connectivity index (χ1n) is 8.67. The van der Waals surface area contributed by atoms with Crippen molar-refractivity contribution in [2.45, 2.75) is 83.2 Å². The topological polar surface area (TPSA) is 35.5 Å². The average molecular weight is 284 g/mol. The van der Waals surface area contributed by atoms with E-state index in [-0.39, 0.29) is 12.1 Å². The molecule has 0 spiro atoms. The summed E-state index contributed by atoms with van der Waals surface area (Å²) in [7, 11) is 2.30. The van der Waals surface area contributed by atoms with Crippen LogP contribution in [0.15, 0.2) is 0 Å². The van der Waals surface area contributed by atoms with E-state index < -0.39 is 0 Å². The maximum atomic E-state index is 9.49. The van der Waals surface area contributed by atoms with Crippen LogP contribution in [0.25, 0.3) is 0 Å². The highest BCUT2D eigenvalue weighted by molar-refractivity contribution is 4.81. The summed E-state index contributed by atoms with van der Waals surface area (Å²) in [6.07, 6.45) is 12.0. The Morgan fingerprint density at radius 1 is 1.15 bits per heavy atom. The third-order valence-electron chi connectivity index (χ3n) is 4.89. The molecule has 1 fully saturated rings. The SMILES string of the molecule is CCNC(C)(CO)CCCCN(C)C1CCCCCC1. The molecule has 0 aromatic carbocycles. The van der Waals surface area contributed by atoms with Gasteiger partial charge in [0.1, 0.15) is 0 Å². The van der Waals surface area contributed by atoms with Gasteiger partial charge in [0, 0.05) is 11.6 Å². The number of aliphatic hydroxyl groups is 1. The second kappa shape index (κ2) is 9.75. The minimum atomic E-state index is -0.0877. The van der Waals surface area contributed by atoms with Crippen molar-refractivity contribution in [1.29, 1.82) is 0 Å². The van der Waals surface area contributed by atoms with Gasteiger partial charge in [-0.05, 0) is 52.7 Å². The molecule has 0 heterocycles. The summed E-state index contributed by atoms with van der Waals surface area (Å²) in [6.45, 7) is 6.61. The molecule has 0 aromatic rings. The second-order valence-electron chi connectivity index (χ2n) is 6.83. The van der Waals surface area contributed by atoms with Crippen LogP contribution in [-0.2, 0) is 0 Å². The normalized spacial score (nSPS) is 20.9. The highest BCUT2D eigenvalue weighted by Crippen LogP contribution is 2.21. The lowest BCUT2D eigenvalue weighted by Gasteiger charge is -2.30. The third-order valence-corrected chi connectivity index (χ3v) is 4.89. The van der Waals surface area contributed by atoms with Gasteiger partial charge in [0.15, 0.2) is 0 Å². The van der Waals surface area contributed by atoms with E-state index >= 15 is 0 Å². The van der Waals surface area contributed by atoms with Crippen molar-refractivity contribution in [3.8, 4) is 0 Å². The number of nitrogens with one attached hydrogen (secondary N) is 1. The molecule has 0 aliphatic heterocycles. The molecule has 1 aliphatic rings. The molecule has 1 atom stereocenters. The van der Waals surface area contributed by atoms with Gasteiger partial charge in [0.25, 0.3) is 0 Å². The standard InChI is InChI=1S/C17H36N2O/c1-4-18-17(2,15-20)13-9-10-14-19(3)16-11-7-5-6-8-12-16/h16,18,20H,4-15H2,1-3H3. The number of rotatable bonds is 9. The quantitative estimate of drug-likeness (QED) is 0.504. The largest absolute Gasteiger partial charge is 0.394 e. The zero-order valence-electron chi connectivity index (χ0n) is 14.0. The maximum Gasteiger partial charge on any atom is 0.0610 e. The van der Waals surface area contributed by atoms with Crippen LogP contribution < -0.4 is 5.32 Å². The lowest BCUT2D eigenvalue weighted by atomic mass is 9.95. The van der Waals surface area contributed by atoms with Gasteiger partial charge in [0.05, 0.1) is 6.61 Å². The molecular weight excluding hydrogens is 248 g/mol. The first-order valence-corrected chi connectivity index (χ1v) is 8.67. The van der Waals surface area contributed by atoms with Crippen LogP contribution in [0.3, 0.4) is 0 Å². The predicted octanol–water partition coefficient (Wildman–Crippen LogP) is 3.17. The molecular formula is C17H36N2O. The number of hydrogen-bond donors (Lipinski definition) is 2. The Balaban J connectivity index is 2.19. The van der Waals surface area contributed by atoms with Crippen molar-refractivity contribution < 1.29 is 5.11 Å². The zero-order chi connectivity index (χ0) is 14.8. The molecule has 3 heteroatoms. The molecule has 3 nitrogen and oxygen atoms in total. The molecule has 20 heavy (non-hydrogen) atoms. The summed E-state index contributed by atoms with van der Waals surface area (Å²) < 4.78 is 0. The van der Waals surface area contributed by atoms with E-state index in [2.05, 4.69) is 31.1 Å². The molecule has 1 unspecified atom stereocenters. The van der Waals surface area contributed by atoms with E-state index in [9.17, 15) is 5.11 Å². The maximum absolute atomic E-state index is 9.49. The average Bonchev–Trinajstić information content (AvgIpc) is 2.73. The Labute approximate surface area is 126 Å². The summed E-state index contributed by atoms with van der Waals surface area (Å²) in [5.41, 5.74) is -0.0877. The molecule has 1 rings (SSSR count). The van der Waals surface area contributed by atoms with Crippen LogP contribution in [-0.4, -0.2) is 48.3 Å². The molecule has 120 valence electrons. The van der Waals surface area contributed by atoms with Crippen molar-refractivity contribution in [3.63, 3.8) is 0 Å². The Bertz CT molecular complexity index is 239. The molecule has 0 amide bonds. The fourth-order valence-electron chi connectivity index (χ4n) is 3.41. The zero-order valence-corrected chi connectivity index (χ0v) is 14.0. The van der Waals surface area contributed by atoms with E-state index in [1.54, 1.807) is 0 Å². The molecule has 2 N–H and O–H groups in total. The van der Waals surface area contributed by atoms with Crippen molar-refractivity contribution in [2.75, 3.05) is 26.7 Å². The van der Waals surface area contributed by atoms with Crippen LogP contribution in [0.4, 0.5) is 0 Å². The van der Waals surface area contributed by atoms with Gasteiger partial charge in [-0.15, -0.1) is 0 Å². The predicted molar refractivity (Wildman–Crippen MR) is 87.1 cm³/mol. The molecule has 0 radical (unpaired) electrons. The summed E-state index contributed by atoms with van der Waals surface area (Å²) >= 11 is 0. The Hall–Kier alpha value is -0.120. The first-order chi connectivity index (χ1) is 9.61. The van der Waals surface area contributed by atoms with E-state index in [0.717, 1.165) is 19.0 Å². The van der Waals surface area contributed by atoms with Gasteiger partial charge in [-0.1, -0.05) is 39.0 Å². The molecule has 0 bridgehead atoms. The number of nitrogens with zero attached hydrogens (tertiary/aromatic N) is 1. The monoisotopic (exact) mass is 284 g/mol. The smallest absolute Gasteiger partial charge is 0.0610 e. The first kappa shape index (κ1) is 17.9. The van der Waals surface area contributed by atoms with E-state index in [0.29, 0.717) is 0 Å². The van der Waals surface area contributed by atoms with Crippen LogP contribution >= 0.6 is 0 Å². The van der Waals surface area contributed by atoms with Gasteiger partial charge in [0.2, 0.25) is 0 Å². The van der Waals surface area contributed by atoms with Crippen molar-refractivity contribution >= 4 is 0 Å². The third kappa shape index (κ3) is 6.55. The molecule has 1 saturated carbocycles. The summed E-state index contributed by atoms with van der Waals surface area (Å²) in [5, 5.41) is 12.9. The van der Waals surface area contributed by atoms with Crippen LogP contribution in [0, 0.1) is 0 Å². The van der Waals surface area contributed by atoms with Gasteiger partial charge < -0.3 is 15.3 Å². The fourth-order valence-corrected chi connectivity index (χ4v) is 3.41. The number of likely N-dealkylation sites (N-methyl/N-ethyl adjacent to an activating group) is 1. The Kier molecular flexibility index (Phi) is 8.74. The van der Waals surface area contributed by atoms with E-state index in [1.807, 2.05) is 0 Å². The minimum Gasteiger partial charge on any atom is -0.394 e. The number of aliphatic hydroxyl groups excluding tert-OH is 1. The van der Waals surface area contributed by atoms with Gasteiger partial charge in [-0.2, -0.15) is 0 Å². The van der Waals surface area contributed by atoms with Gasteiger partial charge in [-0.25, -0.2) is 0 Å². The minimum absolute atomic E-state index is 0.0877. The Morgan fingerprint density at radius 3 is 2.35 bits per heavy atom. The lowest BCUT2D eigenvalue weighted by Crippen LogP contribution is -2.45. The molecule has 0 aromatic heterocycles. The van der Waals surface area contributed by atoms with Crippen LogP contribution in [0.1, 0.15) is 71.6 Å². The van der Waals surface area contributed by atoms with Crippen molar-refractivity contribution in [1.82, 2.24) is 10.2 Å². The second-order valence-corrected chi connectivity index (χ2v) is 6.83. The van der Waals surface area contributed by atoms with Gasteiger partial charge in [-0.3, -0.25) is 0 Å². The van der Waals surface area contributed by atoms with E-state index in [4.69, 9.17) is 0 Å².